The number of hydrogen-bond acceptors (Lipinski definition) is 1. The molecule has 8 heteroatoms. The predicted molar refractivity (Wildman–Crippen MR) is 56.5 cm³/mol. The van der Waals surface area contributed by atoms with Gasteiger partial charge in [0.25, 0.3) is 0 Å². The number of alkyl halides is 6. The monoisotopic (exact) mass is 279 g/mol. The molecule has 2 nitrogen and oxygen atoms in total. The molecular weight excluding hydrogens is 262 g/mol. The summed E-state index contributed by atoms with van der Waals surface area (Å²) in [6.45, 7) is 2.67. The molecule has 0 amide bonds. The average Bonchev–Trinajstić information content (AvgIpc) is 2.09. The minimum Gasteiger partial charge on any atom is -0.658 e. The molecule has 0 unspecified atom stereocenters. The fourth-order valence-electron chi connectivity index (χ4n) is 1.55. The zero-order valence-corrected chi connectivity index (χ0v) is 10.4. The molecule has 0 aromatic heterocycles. The fraction of sp³-hybridized carbons (Fsp3) is 1.00. The lowest BCUT2D eigenvalue weighted by Crippen LogP contribution is -2.52. The van der Waals surface area contributed by atoms with Gasteiger partial charge in [-0.3, -0.25) is 0 Å². The highest BCUT2D eigenvalue weighted by molar-refractivity contribution is 5.03. The Morgan fingerprint density at radius 2 is 1.33 bits per heavy atom. The summed E-state index contributed by atoms with van der Waals surface area (Å²) in [6.07, 6.45) is -12.5. The van der Waals surface area contributed by atoms with Gasteiger partial charge in [0.15, 0.2) is 0 Å². The van der Waals surface area contributed by atoms with E-state index in [9.17, 15) is 26.3 Å². The zero-order chi connectivity index (χ0) is 14.6. The first-order chi connectivity index (χ1) is 7.89. The number of rotatable bonds is 6. The highest BCUT2D eigenvalue weighted by atomic mass is 19.4. The first-order valence-electron chi connectivity index (χ1n) is 5.38. The van der Waals surface area contributed by atoms with Crippen molar-refractivity contribution in [2.45, 2.75) is 50.6 Å². The van der Waals surface area contributed by atoms with E-state index in [2.05, 4.69) is 10.6 Å². The Morgan fingerprint density at radius 3 is 1.56 bits per heavy atom. The van der Waals surface area contributed by atoms with Crippen LogP contribution in [-0.2, 0) is 0 Å². The Balaban J connectivity index is 4.95. The van der Waals surface area contributed by atoms with E-state index in [-0.39, 0.29) is 6.04 Å². The maximum absolute atomic E-state index is 12.4. The van der Waals surface area contributed by atoms with Crippen LogP contribution in [0.3, 0.4) is 0 Å². The van der Waals surface area contributed by atoms with E-state index in [0.717, 1.165) is 7.05 Å². The molecule has 0 rings (SSSR count). The van der Waals surface area contributed by atoms with Crippen LogP contribution in [0.4, 0.5) is 26.3 Å². The molecule has 0 aromatic rings. The van der Waals surface area contributed by atoms with E-state index in [1.54, 1.807) is 13.8 Å². The van der Waals surface area contributed by atoms with Crippen molar-refractivity contribution in [2.24, 2.45) is 0 Å². The topological polar surface area (TPSA) is 26.1 Å². The highest BCUT2D eigenvalue weighted by Crippen LogP contribution is 2.36. The van der Waals surface area contributed by atoms with Gasteiger partial charge < -0.3 is 10.6 Å². The Bertz CT molecular complexity index is 230. The Labute approximate surface area is 102 Å². The molecule has 0 spiro atoms. The van der Waals surface area contributed by atoms with Crippen LogP contribution in [0.25, 0.3) is 5.32 Å². The van der Waals surface area contributed by atoms with Gasteiger partial charge in [-0.1, -0.05) is 13.8 Å². The normalized spacial score (nSPS) is 14.3. The lowest BCUT2D eigenvalue weighted by atomic mass is 9.90. The number of likely N-dealkylation sites (N-methyl/N-ethyl adjacent to an activating group) is 1. The van der Waals surface area contributed by atoms with Crippen molar-refractivity contribution in [3.05, 3.63) is 5.32 Å². The molecule has 110 valence electrons. The summed E-state index contributed by atoms with van der Waals surface area (Å²) in [6, 6.07) is -0.320. The number of nitrogens with one attached hydrogen (secondary N) is 1. The van der Waals surface area contributed by atoms with Gasteiger partial charge >= 0.3 is 12.4 Å². The third kappa shape index (κ3) is 7.75. The van der Waals surface area contributed by atoms with E-state index in [0.29, 0.717) is 0 Å². The van der Waals surface area contributed by atoms with Crippen molar-refractivity contribution >= 4 is 0 Å². The lowest BCUT2D eigenvalue weighted by molar-refractivity contribution is -0.179. The molecular formula is C10H17F6N2-. The molecule has 0 aliphatic rings. The minimum atomic E-state index is -4.68. The van der Waals surface area contributed by atoms with Crippen molar-refractivity contribution in [3.8, 4) is 0 Å². The Hall–Kier alpha value is -0.500. The molecule has 1 N–H and O–H groups in total. The first kappa shape index (κ1) is 17.5. The zero-order valence-electron chi connectivity index (χ0n) is 10.4. The van der Waals surface area contributed by atoms with Crippen molar-refractivity contribution in [1.29, 1.82) is 0 Å². The van der Waals surface area contributed by atoms with Gasteiger partial charge in [0.2, 0.25) is 0 Å². The highest BCUT2D eigenvalue weighted by Gasteiger charge is 2.46. The van der Waals surface area contributed by atoms with Crippen molar-refractivity contribution in [1.82, 2.24) is 5.32 Å². The lowest BCUT2D eigenvalue weighted by Gasteiger charge is -2.42. The molecule has 0 radical (unpaired) electrons. The molecule has 18 heavy (non-hydrogen) atoms. The van der Waals surface area contributed by atoms with Gasteiger partial charge in [0.1, 0.15) is 0 Å². The summed E-state index contributed by atoms with van der Waals surface area (Å²) in [4.78, 5) is 0. The summed E-state index contributed by atoms with van der Waals surface area (Å²) < 4.78 is 74.3. The summed E-state index contributed by atoms with van der Waals surface area (Å²) in [7, 11) is 1.09. The van der Waals surface area contributed by atoms with E-state index in [1.165, 1.54) is 0 Å². The van der Waals surface area contributed by atoms with Crippen LogP contribution < -0.4 is 5.32 Å². The second-order valence-electron chi connectivity index (χ2n) is 4.55. The minimum absolute atomic E-state index is 0.320. The first-order valence-corrected chi connectivity index (χ1v) is 5.38. The Kier molecular flexibility index (Phi) is 5.93. The number of hydrogen-bond donors (Lipinski definition) is 1. The van der Waals surface area contributed by atoms with Gasteiger partial charge in [-0.05, 0) is 7.05 Å². The van der Waals surface area contributed by atoms with Crippen molar-refractivity contribution < 1.29 is 26.3 Å². The van der Waals surface area contributed by atoms with Crippen LogP contribution in [0.2, 0.25) is 0 Å². The molecule has 0 aromatic carbocycles. The Morgan fingerprint density at radius 1 is 0.944 bits per heavy atom. The van der Waals surface area contributed by atoms with Crippen LogP contribution in [0.1, 0.15) is 26.7 Å². The molecule has 0 aliphatic carbocycles. The maximum atomic E-state index is 12.4. The molecule has 0 saturated carbocycles. The molecule has 0 saturated heterocycles. The maximum Gasteiger partial charge on any atom is 0.390 e. The molecule has 0 bridgehead atoms. The van der Waals surface area contributed by atoms with Crippen molar-refractivity contribution in [3.63, 3.8) is 0 Å². The van der Waals surface area contributed by atoms with Gasteiger partial charge in [-0.25, -0.2) is 0 Å². The summed E-state index contributed by atoms with van der Waals surface area (Å²) in [5.74, 6) is 0. The standard InChI is InChI=1S/C10H17F6N2/c1-7(2)18-6-8(17-3,4-9(11,12)13)5-10(14,15)16/h7,17H,4-6H2,1-3H3/q-1. The molecule has 0 aliphatic heterocycles. The third-order valence-corrected chi connectivity index (χ3v) is 2.37. The summed E-state index contributed by atoms with van der Waals surface area (Å²) in [5.41, 5.74) is -2.12. The number of nitrogens with zero attached hydrogens (tertiary/aromatic N) is 1. The van der Waals surface area contributed by atoms with Crippen molar-refractivity contribution in [2.75, 3.05) is 13.6 Å². The summed E-state index contributed by atoms with van der Waals surface area (Å²) in [5, 5.41) is 5.92. The molecule has 0 atom stereocenters. The van der Waals surface area contributed by atoms with E-state index in [4.69, 9.17) is 0 Å². The van der Waals surface area contributed by atoms with Crippen LogP contribution in [0, 0.1) is 0 Å². The average molecular weight is 279 g/mol. The number of halogens is 6. The predicted octanol–water partition coefficient (Wildman–Crippen LogP) is 3.63. The SMILES string of the molecule is CNC(C[N-]C(C)C)(CC(F)(F)F)CC(F)(F)F. The van der Waals surface area contributed by atoms with Gasteiger partial charge in [-0.15, -0.1) is 12.6 Å². The third-order valence-electron chi connectivity index (χ3n) is 2.37. The van der Waals surface area contributed by atoms with Gasteiger partial charge in [0, 0.05) is 5.54 Å². The fourth-order valence-corrected chi connectivity index (χ4v) is 1.55. The second kappa shape index (κ2) is 6.10. The van der Waals surface area contributed by atoms with Crippen LogP contribution >= 0.6 is 0 Å². The second-order valence-corrected chi connectivity index (χ2v) is 4.55. The smallest absolute Gasteiger partial charge is 0.390 e. The van der Waals surface area contributed by atoms with E-state index < -0.39 is 37.3 Å². The quantitative estimate of drug-likeness (QED) is 0.738. The van der Waals surface area contributed by atoms with Gasteiger partial charge in [-0.2, -0.15) is 26.3 Å². The van der Waals surface area contributed by atoms with Crippen LogP contribution in [-0.4, -0.2) is 37.5 Å². The van der Waals surface area contributed by atoms with Crippen LogP contribution in [0.15, 0.2) is 0 Å². The summed E-state index contributed by atoms with van der Waals surface area (Å²) >= 11 is 0. The largest absolute Gasteiger partial charge is 0.658 e. The molecule has 0 heterocycles. The van der Waals surface area contributed by atoms with Crippen LogP contribution in [0.5, 0.6) is 0 Å². The molecule has 0 fully saturated rings. The van der Waals surface area contributed by atoms with E-state index >= 15 is 0 Å². The van der Waals surface area contributed by atoms with Gasteiger partial charge in [0.05, 0.1) is 12.8 Å². The van der Waals surface area contributed by atoms with E-state index in [1.807, 2.05) is 0 Å².